The summed E-state index contributed by atoms with van der Waals surface area (Å²) in [7, 11) is 0. The first-order chi connectivity index (χ1) is 7.89. The second-order valence-electron chi connectivity index (χ2n) is 2.99. The van der Waals surface area contributed by atoms with Gasteiger partial charge in [0.15, 0.2) is 6.61 Å². The van der Waals surface area contributed by atoms with Gasteiger partial charge in [-0.3, -0.25) is 4.79 Å². The maximum absolute atomic E-state index is 11.7. The summed E-state index contributed by atoms with van der Waals surface area (Å²) >= 11 is 0. The molecule has 0 saturated heterocycles. The largest absolute Gasteiger partial charge is 0.490 e. The molecule has 0 aromatic heterocycles. The third-order valence-corrected chi connectivity index (χ3v) is 1.62. The highest BCUT2D eigenvalue weighted by Gasteiger charge is 2.41. The van der Waals surface area contributed by atoms with Crippen LogP contribution in [0.15, 0.2) is 30.3 Å². The highest BCUT2D eigenvalue weighted by molar-refractivity contribution is 5.93. The van der Waals surface area contributed by atoms with E-state index in [1.54, 1.807) is 30.3 Å². The maximum atomic E-state index is 11.7. The summed E-state index contributed by atoms with van der Waals surface area (Å²) in [5, 5.41) is 2.27. The van der Waals surface area contributed by atoms with Crippen LogP contribution in [0.1, 0.15) is 0 Å². The van der Waals surface area contributed by atoms with E-state index >= 15 is 0 Å². The SMILES string of the molecule is O=C(COC(=O)C(F)(F)F)Nc1ccccc1. The van der Waals surface area contributed by atoms with E-state index in [-0.39, 0.29) is 0 Å². The minimum absolute atomic E-state index is 0.403. The molecule has 1 N–H and O–H groups in total. The van der Waals surface area contributed by atoms with Crippen molar-refractivity contribution in [3.8, 4) is 0 Å². The summed E-state index contributed by atoms with van der Waals surface area (Å²) in [5.74, 6) is -3.23. The van der Waals surface area contributed by atoms with Crippen LogP contribution in [0.25, 0.3) is 0 Å². The topological polar surface area (TPSA) is 55.4 Å². The number of ether oxygens (including phenoxy) is 1. The molecule has 0 spiro atoms. The number of benzene rings is 1. The lowest BCUT2D eigenvalue weighted by Crippen LogP contribution is -2.29. The second-order valence-corrected chi connectivity index (χ2v) is 2.99. The molecule has 0 fully saturated rings. The molecule has 92 valence electrons. The van der Waals surface area contributed by atoms with Gasteiger partial charge in [-0.15, -0.1) is 0 Å². The number of carbonyl (C=O) groups excluding carboxylic acids is 2. The number of amides is 1. The van der Waals surface area contributed by atoms with E-state index in [4.69, 9.17) is 0 Å². The van der Waals surface area contributed by atoms with Crippen molar-refractivity contribution in [2.24, 2.45) is 0 Å². The minimum Gasteiger partial charge on any atom is -0.449 e. The molecule has 1 amide bonds. The maximum Gasteiger partial charge on any atom is 0.490 e. The number of halogens is 3. The summed E-state index contributed by atoms with van der Waals surface area (Å²) in [6.07, 6.45) is -5.09. The van der Waals surface area contributed by atoms with Crippen molar-refractivity contribution in [1.29, 1.82) is 0 Å². The number of para-hydroxylation sites is 1. The normalized spacial score (nSPS) is 10.8. The van der Waals surface area contributed by atoms with Crippen molar-refractivity contribution in [2.45, 2.75) is 6.18 Å². The van der Waals surface area contributed by atoms with Gasteiger partial charge >= 0.3 is 12.1 Å². The van der Waals surface area contributed by atoms with Crippen LogP contribution < -0.4 is 5.32 Å². The molecule has 0 aliphatic heterocycles. The molecule has 17 heavy (non-hydrogen) atoms. The lowest BCUT2D eigenvalue weighted by Gasteiger charge is -2.07. The molecule has 0 bridgehead atoms. The van der Waals surface area contributed by atoms with Crippen LogP contribution >= 0.6 is 0 Å². The Morgan fingerprint density at radius 2 is 1.76 bits per heavy atom. The molecule has 0 aliphatic rings. The van der Waals surface area contributed by atoms with E-state index in [2.05, 4.69) is 10.1 Å². The van der Waals surface area contributed by atoms with Crippen molar-refractivity contribution >= 4 is 17.6 Å². The first-order valence-electron chi connectivity index (χ1n) is 4.48. The number of alkyl halides is 3. The molecule has 0 atom stereocenters. The van der Waals surface area contributed by atoms with Crippen LogP contribution in [0.2, 0.25) is 0 Å². The molecule has 1 aromatic carbocycles. The van der Waals surface area contributed by atoms with Crippen LogP contribution in [0.4, 0.5) is 18.9 Å². The predicted octanol–water partition coefficient (Wildman–Crippen LogP) is 1.73. The van der Waals surface area contributed by atoms with E-state index in [0.29, 0.717) is 5.69 Å². The lowest BCUT2D eigenvalue weighted by atomic mass is 10.3. The molecule has 0 saturated carbocycles. The predicted molar refractivity (Wildman–Crippen MR) is 52.1 cm³/mol. The van der Waals surface area contributed by atoms with Gasteiger partial charge < -0.3 is 10.1 Å². The van der Waals surface area contributed by atoms with Gasteiger partial charge in [-0.25, -0.2) is 4.79 Å². The number of rotatable bonds is 3. The van der Waals surface area contributed by atoms with E-state index in [1.165, 1.54) is 0 Å². The van der Waals surface area contributed by atoms with E-state index in [9.17, 15) is 22.8 Å². The average Bonchev–Trinajstić information content (AvgIpc) is 2.26. The van der Waals surface area contributed by atoms with Crippen molar-refractivity contribution < 1.29 is 27.5 Å². The van der Waals surface area contributed by atoms with Crippen LogP contribution in [0.3, 0.4) is 0 Å². The Labute approximate surface area is 94.4 Å². The smallest absolute Gasteiger partial charge is 0.449 e. The summed E-state index contributed by atoms with van der Waals surface area (Å²) < 4.78 is 38.9. The zero-order valence-electron chi connectivity index (χ0n) is 8.45. The summed E-state index contributed by atoms with van der Waals surface area (Å²) in [4.78, 5) is 21.4. The molecule has 1 rings (SSSR count). The first kappa shape index (κ1) is 13.0. The summed E-state index contributed by atoms with van der Waals surface area (Å²) in [6.45, 7) is -0.979. The third-order valence-electron chi connectivity index (χ3n) is 1.62. The van der Waals surface area contributed by atoms with Crippen molar-refractivity contribution in [3.05, 3.63) is 30.3 Å². The second kappa shape index (κ2) is 5.33. The van der Waals surface area contributed by atoms with Crippen LogP contribution in [0, 0.1) is 0 Å². The molecule has 0 radical (unpaired) electrons. The van der Waals surface area contributed by atoms with Crippen LogP contribution in [0.5, 0.6) is 0 Å². The average molecular weight is 247 g/mol. The van der Waals surface area contributed by atoms with Gasteiger partial charge in [-0.05, 0) is 12.1 Å². The van der Waals surface area contributed by atoms with Gasteiger partial charge in [0.2, 0.25) is 0 Å². The molecule has 0 heterocycles. The van der Waals surface area contributed by atoms with E-state index < -0.39 is 24.7 Å². The van der Waals surface area contributed by atoms with Gasteiger partial charge in [-0.1, -0.05) is 18.2 Å². The summed E-state index contributed by atoms with van der Waals surface area (Å²) in [5.41, 5.74) is 0.403. The first-order valence-corrected chi connectivity index (χ1v) is 4.48. The highest BCUT2D eigenvalue weighted by Crippen LogP contribution is 2.16. The number of anilines is 1. The van der Waals surface area contributed by atoms with Crippen LogP contribution in [-0.2, 0) is 14.3 Å². The molecular formula is C10H8F3NO3. The Kier molecular flexibility index (Phi) is 4.08. The fourth-order valence-electron chi connectivity index (χ4n) is 0.931. The van der Waals surface area contributed by atoms with E-state index in [0.717, 1.165) is 0 Å². The Bertz CT molecular complexity index is 403. The Morgan fingerprint density at radius 3 is 2.29 bits per heavy atom. The molecule has 1 aromatic rings. The van der Waals surface area contributed by atoms with Gasteiger partial charge in [0, 0.05) is 5.69 Å². The van der Waals surface area contributed by atoms with E-state index in [1.807, 2.05) is 0 Å². The molecule has 0 aliphatic carbocycles. The van der Waals surface area contributed by atoms with Crippen molar-refractivity contribution in [1.82, 2.24) is 0 Å². The Hall–Kier alpha value is -2.05. The number of hydrogen-bond donors (Lipinski definition) is 1. The molecule has 0 unspecified atom stereocenters. The van der Waals surface area contributed by atoms with Gasteiger partial charge in [0.25, 0.3) is 5.91 Å². The number of carbonyl (C=O) groups is 2. The monoisotopic (exact) mass is 247 g/mol. The molecule has 7 heteroatoms. The zero-order chi connectivity index (χ0) is 12.9. The highest BCUT2D eigenvalue weighted by atomic mass is 19.4. The molecule has 4 nitrogen and oxygen atoms in total. The third kappa shape index (κ3) is 4.54. The minimum atomic E-state index is -5.09. The lowest BCUT2D eigenvalue weighted by molar-refractivity contribution is -0.199. The standard InChI is InChI=1S/C10H8F3NO3/c11-10(12,13)9(16)17-6-8(15)14-7-4-2-1-3-5-7/h1-5H,6H2,(H,14,15). The number of nitrogens with one attached hydrogen (secondary N) is 1. The van der Waals surface area contributed by atoms with Crippen LogP contribution in [-0.4, -0.2) is 24.7 Å². The number of esters is 1. The Morgan fingerprint density at radius 1 is 1.18 bits per heavy atom. The Balaban J connectivity index is 2.39. The van der Waals surface area contributed by atoms with Crippen molar-refractivity contribution in [2.75, 3.05) is 11.9 Å². The summed E-state index contributed by atoms with van der Waals surface area (Å²) in [6, 6.07) is 8.07. The van der Waals surface area contributed by atoms with Crippen molar-refractivity contribution in [3.63, 3.8) is 0 Å². The quantitative estimate of drug-likeness (QED) is 0.827. The molecular weight excluding hydrogens is 239 g/mol. The fourth-order valence-corrected chi connectivity index (χ4v) is 0.931. The fraction of sp³-hybridized carbons (Fsp3) is 0.200. The zero-order valence-corrected chi connectivity index (χ0v) is 8.45. The number of hydrogen-bond acceptors (Lipinski definition) is 3. The van der Waals surface area contributed by atoms with Gasteiger partial charge in [-0.2, -0.15) is 13.2 Å². The van der Waals surface area contributed by atoms with Gasteiger partial charge in [0.1, 0.15) is 0 Å². The van der Waals surface area contributed by atoms with Gasteiger partial charge in [0.05, 0.1) is 0 Å².